The van der Waals surface area contributed by atoms with Crippen LogP contribution in [0, 0.1) is 25.5 Å². The average Bonchev–Trinajstić information content (AvgIpc) is 3.25. The number of hydrogen-bond donors (Lipinski definition) is 0. The van der Waals surface area contributed by atoms with Gasteiger partial charge in [0.25, 0.3) is 0 Å². The summed E-state index contributed by atoms with van der Waals surface area (Å²) >= 11 is 7.27. The minimum absolute atomic E-state index is 0.140. The number of anilines is 1. The summed E-state index contributed by atoms with van der Waals surface area (Å²) in [5, 5.41) is 2.79. The maximum Gasteiger partial charge on any atom is 0.247 e. The van der Waals surface area contributed by atoms with Gasteiger partial charge < -0.3 is 4.90 Å². The number of benzene rings is 2. The van der Waals surface area contributed by atoms with Gasteiger partial charge in [0.05, 0.1) is 14.6 Å². The van der Waals surface area contributed by atoms with E-state index in [4.69, 9.17) is 4.98 Å². The molecule has 0 bridgehead atoms. The topological polar surface area (TPSA) is 53.5 Å². The Morgan fingerprint density at radius 3 is 2.38 bits per heavy atom. The molecule has 1 aliphatic heterocycles. The molecule has 2 heterocycles. The molecule has 1 fully saturated rings. The number of nitrogens with zero attached hydrogens (tertiary/aromatic N) is 3. The molecule has 5 nitrogen and oxygen atoms in total. The first kappa shape index (κ1) is 23.7. The Kier molecular flexibility index (Phi) is 6.75. The first-order valence-electron chi connectivity index (χ1n) is 9.71. The van der Waals surface area contributed by atoms with Crippen LogP contribution < -0.4 is 4.90 Å². The van der Waals surface area contributed by atoms with Gasteiger partial charge in [-0.2, -0.15) is 4.31 Å². The van der Waals surface area contributed by atoms with Crippen LogP contribution in [0.3, 0.4) is 0 Å². The van der Waals surface area contributed by atoms with Gasteiger partial charge in [-0.25, -0.2) is 22.2 Å². The number of halogens is 4. The fraction of sp³-hybridized carbons (Fsp3) is 0.286. The van der Waals surface area contributed by atoms with Gasteiger partial charge in [0.2, 0.25) is 10.0 Å². The van der Waals surface area contributed by atoms with Crippen LogP contribution in [0.1, 0.15) is 11.1 Å². The van der Waals surface area contributed by atoms with Crippen molar-refractivity contribution in [1.29, 1.82) is 0 Å². The molecule has 1 aliphatic rings. The minimum atomic E-state index is -4.22. The molecule has 0 unspecified atom stereocenters. The molecule has 0 atom stereocenters. The second-order valence-electron chi connectivity index (χ2n) is 7.50. The molecule has 1 saturated heterocycles. The fourth-order valence-corrected chi connectivity index (χ4v) is 7.35. The SMILES string of the molecule is Cc1ccc(-c2csc(N3CCN(S(=O)(=O)c4c(F)c(Br)cc(F)c4Br)CC3)n2)cc1C. The van der Waals surface area contributed by atoms with E-state index in [0.29, 0.717) is 13.1 Å². The lowest BCUT2D eigenvalue weighted by atomic mass is 10.1. The standard InChI is InChI=1S/C21H19Br2F2N3O2S2/c1-12-3-4-14(9-13(12)2)17-11-31-21(26-17)27-5-7-28(8-6-27)32(29,30)20-18(23)16(24)10-15(22)19(20)25/h3-4,9-11H,5-8H2,1-2H3. The molecule has 4 rings (SSSR count). The van der Waals surface area contributed by atoms with Gasteiger partial charge in [-0.05, 0) is 69.0 Å². The Hall–Kier alpha value is -1.40. The van der Waals surface area contributed by atoms with Crippen LogP contribution in [0.25, 0.3) is 11.3 Å². The van der Waals surface area contributed by atoms with Crippen LogP contribution in [-0.2, 0) is 10.0 Å². The molecular formula is C21H19Br2F2N3O2S2. The van der Waals surface area contributed by atoms with E-state index in [1.54, 1.807) is 0 Å². The Bertz CT molecular complexity index is 1260. The first-order chi connectivity index (χ1) is 15.1. The fourth-order valence-electron chi connectivity index (χ4n) is 3.47. The van der Waals surface area contributed by atoms with Crippen molar-refractivity contribution in [2.45, 2.75) is 18.7 Å². The van der Waals surface area contributed by atoms with Crippen molar-refractivity contribution >= 4 is 58.4 Å². The molecule has 0 spiro atoms. The van der Waals surface area contributed by atoms with Gasteiger partial charge in [0, 0.05) is 37.1 Å². The van der Waals surface area contributed by atoms with Gasteiger partial charge in [-0.1, -0.05) is 12.1 Å². The van der Waals surface area contributed by atoms with Crippen molar-refractivity contribution in [3.8, 4) is 11.3 Å². The Labute approximate surface area is 206 Å². The highest BCUT2D eigenvalue weighted by Crippen LogP contribution is 2.35. The summed E-state index contributed by atoms with van der Waals surface area (Å²) in [5.74, 6) is -1.86. The van der Waals surface area contributed by atoms with Crippen molar-refractivity contribution in [2.75, 3.05) is 31.1 Å². The third kappa shape index (κ3) is 4.37. The van der Waals surface area contributed by atoms with Crippen molar-refractivity contribution in [1.82, 2.24) is 9.29 Å². The van der Waals surface area contributed by atoms with Gasteiger partial charge in [-0.3, -0.25) is 0 Å². The van der Waals surface area contributed by atoms with Crippen LogP contribution >= 0.6 is 43.2 Å². The Morgan fingerprint density at radius 1 is 1.03 bits per heavy atom. The molecule has 0 aliphatic carbocycles. The smallest absolute Gasteiger partial charge is 0.247 e. The summed E-state index contributed by atoms with van der Waals surface area (Å²) in [4.78, 5) is 6.04. The largest absolute Gasteiger partial charge is 0.345 e. The normalized spacial score (nSPS) is 15.4. The number of aromatic nitrogens is 1. The lowest BCUT2D eigenvalue weighted by Crippen LogP contribution is -2.48. The zero-order chi connectivity index (χ0) is 23.2. The summed E-state index contributed by atoms with van der Waals surface area (Å²) in [6.07, 6.45) is 0. The molecule has 1 aromatic heterocycles. The van der Waals surface area contributed by atoms with Gasteiger partial charge in [0.15, 0.2) is 10.9 Å². The molecule has 2 aromatic carbocycles. The quantitative estimate of drug-likeness (QED) is 0.355. The van der Waals surface area contributed by atoms with Crippen molar-refractivity contribution < 1.29 is 17.2 Å². The molecule has 170 valence electrons. The number of aryl methyl sites for hydroxylation is 2. The molecule has 0 N–H and O–H groups in total. The highest BCUT2D eigenvalue weighted by atomic mass is 79.9. The summed E-state index contributed by atoms with van der Waals surface area (Å²) < 4.78 is 55.3. The molecule has 0 saturated carbocycles. The molecular weight excluding hydrogens is 588 g/mol. The summed E-state index contributed by atoms with van der Waals surface area (Å²) in [6, 6.07) is 7.10. The predicted octanol–water partition coefficient (Wildman–Crippen LogP) is 5.74. The summed E-state index contributed by atoms with van der Waals surface area (Å²) in [5.41, 5.74) is 4.32. The van der Waals surface area contributed by atoms with Crippen molar-refractivity contribution in [3.05, 3.63) is 61.4 Å². The van der Waals surface area contributed by atoms with Gasteiger partial charge in [0.1, 0.15) is 10.7 Å². The van der Waals surface area contributed by atoms with Crippen LogP contribution in [0.2, 0.25) is 0 Å². The highest BCUT2D eigenvalue weighted by Gasteiger charge is 2.35. The number of hydrogen-bond acceptors (Lipinski definition) is 5. The van der Waals surface area contributed by atoms with Crippen molar-refractivity contribution in [2.24, 2.45) is 0 Å². The number of thiazole rings is 1. The Morgan fingerprint density at radius 2 is 1.72 bits per heavy atom. The predicted molar refractivity (Wildman–Crippen MR) is 130 cm³/mol. The second kappa shape index (κ2) is 9.09. The number of piperazine rings is 1. The Balaban J connectivity index is 1.52. The lowest BCUT2D eigenvalue weighted by Gasteiger charge is -2.34. The monoisotopic (exact) mass is 605 g/mol. The lowest BCUT2D eigenvalue weighted by molar-refractivity contribution is 0.381. The van der Waals surface area contributed by atoms with E-state index in [1.807, 2.05) is 16.3 Å². The zero-order valence-electron chi connectivity index (χ0n) is 17.2. The average molecular weight is 607 g/mol. The van der Waals surface area contributed by atoms with Crippen molar-refractivity contribution in [3.63, 3.8) is 0 Å². The maximum atomic E-state index is 14.6. The molecule has 0 amide bonds. The summed E-state index contributed by atoms with van der Waals surface area (Å²) in [7, 11) is -4.22. The third-order valence-electron chi connectivity index (χ3n) is 5.47. The van der Waals surface area contributed by atoms with Crippen LogP contribution in [0.4, 0.5) is 13.9 Å². The highest BCUT2D eigenvalue weighted by molar-refractivity contribution is 9.11. The molecule has 32 heavy (non-hydrogen) atoms. The van der Waals surface area contributed by atoms with E-state index in [9.17, 15) is 17.2 Å². The number of sulfonamides is 1. The summed E-state index contributed by atoms with van der Waals surface area (Å²) in [6.45, 7) is 5.20. The maximum absolute atomic E-state index is 14.6. The van der Waals surface area contributed by atoms with E-state index >= 15 is 0 Å². The zero-order valence-corrected chi connectivity index (χ0v) is 22.0. The van der Waals surface area contributed by atoms with Crippen LogP contribution in [0.15, 0.2) is 43.5 Å². The van der Waals surface area contributed by atoms with E-state index in [2.05, 4.69) is 57.8 Å². The first-order valence-corrected chi connectivity index (χ1v) is 13.6. The van der Waals surface area contributed by atoms with E-state index in [1.165, 1.54) is 26.8 Å². The number of rotatable bonds is 4. The van der Waals surface area contributed by atoms with Gasteiger partial charge in [-0.15, -0.1) is 11.3 Å². The molecule has 3 aromatic rings. The molecule has 11 heteroatoms. The minimum Gasteiger partial charge on any atom is -0.345 e. The second-order valence-corrected chi connectivity index (χ2v) is 11.9. The van der Waals surface area contributed by atoms with Gasteiger partial charge >= 0.3 is 0 Å². The van der Waals surface area contributed by atoms with Crippen LogP contribution in [-0.4, -0.2) is 43.9 Å². The molecule has 0 radical (unpaired) electrons. The van der Waals surface area contributed by atoms with E-state index < -0.39 is 31.0 Å². The van der Waals surface area contributed by atoms with E-state index in [-0.39, 0.29) is 17.6 Å². The van der Waals surface area contributed by atoms with E-state index in [0.717, 1.165) is 22.5 Å². The van der Waals surface area contributed by atoms with Crippen LogP contribution in [0.5, 0.6) is 0 Å². The third-order valence-corrected chi connectivity index (χ3v) is 9.93.